The number of hydrogen-bond donors (Lipinski definition) is 4. The summed E-state index contributed by atoms with van der Waals surface area (Å²) in [5, 5.41) is 9.04. The molecule has 36 heavy (non-hydrogen) atoms. The van der Waals surface area contributed by atoms with E-state index >= 15 is 0 Å². The third-order valence-corrected chi connectivity index (χ3v) is 8.59. The lowest BCUT2D eigenvalue weighted by atomic mass is 9.91. The van der Waals surface area contributed by atoms with Crippen LogP contribution in [0.1, 0.15) is 39.4 Å². The van der Waals surface area contributed by atoms with Gasteiger partial charge in [-0.1, -0.05) is 0 Å². The summed E-state index contributed by atoms with van der Waals surface area (Å²) in [6, 6.07) is 2.06. The summed E-state index contributed by atoms with van der Waals surface area (Å²) in [6.07, 6.45) is 1.94. The van der Waals surface area contributed by atoms with Crippen LogP contribution in [0.4, 0.5) is 10.6 Å². The van der Waals surface area contributed by atoms with E-state index in [0.717, 1.165) is 65.7 Å². The summed E-state index contributed by atoms with van der Waals surface area (Å²) in [5.41, 5.74) is 8.78. The zero-order chi connectivity index (χ0) is 25.7. The van der Waals surface area contributed by atoms with E-state index in [2.05, 4.69) is 66.2 Å². The number of nitrogens with zero attached hydrogens (tertiary/aromatic N) is 4. The van der Waals surface area contributed by atoms with Gasteiger partial charge in [0.25, 0.3) is 0 Å². The number of carbonyl (C=O) groups is 1. The van der Waals surface area contributed by atoms with Gasteiger partial charge in [-0.15, -0.1) is 11.3 Å². The fourth-order valence-corrected chi connectivity index (χ4v) is 6.41. The molecule has 0 spiro atoms. The summed E-state index contributed by atoms with van der Waals surface area (Å²) in [7, 11) is 4.11. The molecular formula is C25H38N8O2S. The first-order chi connectivity index (χ1) is 17.1. The molecule has 0 radical (unpaired) electrons. The Balaban J connectivity index is 1.36. The standard InChI is InChI=1S/C25H38N8O2S/c1-15-26-18-9-12-36-20(18)22(27-15)29-25(4)17-13-33(24(2,3)21(17)30-31-25)23(34)28-19(14-32(5)6)16-7-10-35-11-8-16/h9,12,16,19,30-31H,7-8,10-11,13-14H2,1-6H3,(H,28,34)(H,26,27,29)/t19-,25?/m1/s1. The molecule has 10 nitrogen and oxygen atoms in total. The van der Waals surface area contributed by atoms with Gasteiger partial charge in [0.15, 0.2) is 0 Å². The van der Waals surface area contributed by atoms with Gasteiger partial charge < -0.3 is 30.6 Å². The van der Waals surface area contributed by atoms with Gasteiger partial charge in [0.1, 0.15) is 17.3 Å². The Kier molecular flexibility index (Phi) is 6.61. The first-order valence-electron chi connectivity index (χ1n) is 12.7. The van der Waals surface area contributed by atoms with E-state index in [0.29, 0.717) is 12.5 Å². The smallest absolute Gasteiger partial charge is 0.318 e. The summed E-state index contributed by atoms with van der Waals surface area (Å²) in [4.78, 5) is 27.1. The van der Waals surface area contributed by atoms with E-state index < -0.39 is 11.2 Å². The Morgan fingerprint density at radius 2 is 2.06 bits per heavy atom. The summed E-state index contributed by atoms with van der Waals surface area (Å²) >= 11 is 1.62. The number of thiophene rings is 1. The van der Waals surface area contributed by atoms with Crippen molar-refractivity contribution in [2.75, 3.05) is 45.7 Å². The topological polar surface area (TPSA) is 107 Å². The van der Waals surface area contributed by atoms with E-state index in [4.69, 9.17) is 9.72 Å². The number of amides is 2. The van der Waals surface area contributed by atoms with Crippen LogP contribution in [0, 0.1) is 12.8 Å². The van der Waals surface area contributed by atoms with E-state index in [1.165, 1.54) is 0 Å². The molecule has 2 aromatic rings. The molecule has 5 heterocycles. The average molecular weight is 515 g/mol. The molecule has 2 atom stereocenters. The lowest BCUT2D eigenvalue weighted by Gasteiger charge is -2.39. The number of hydrazine groups is 1. The Morgan fingerprint density at radius 3 is 2.78 bits per heavy atom. The minimum Gasteiger partial charge on any atom is -0.381 e. The highest BCUT2D eigenvalue weighted by atomic mass is 32.1. The number of rotatable bonds is 6. The van der Waals surface area contributed by atoms with Crippen molar-refractivity contribution in [1.82, 2.24) is 35.9 Å². The minimum atomic E-state index is -0.608. The third kappa shape index (κ3) is 4.53. The maximum absolute atomic E-state index is 13.7. The number of aromatic nitrogens is 2. The van der Waals surface area contributed by atoms with Crippen LogP contribution in [0.2, 0.25) is 0 Å². The van der Waals surface area contributed by atoms with Gasteiger partial charge in [0.05, 0.1) is 28.0 Å². The molecule has 0 saturated carbocycles. The number of anilines is 1. The van der Waals surface area contributed by atoms with Gasteiger partial charge >= 0.3 is 6.03 Å². The Bertz CT molecular complexity index is 1170. The Labute approximate surface area is 216 Å². The molecule has 1 fully saturated rings. The van der Waals surface area contributed by atoms with Gasteiger partial charge in [0.2, 0.25) is 0 Å². The molecule has 3 aliphatic heterocycles. The van der Waals surface area contributed by atoms with Gasteiger partial charge in [-0.25, -0.2) is 20.2 Å². The number of urea groups is 1. The number of ether oxygens (including phenoxy) is 1. The minimum absolute atomic E-state index is 0.0320. The van der Waals surface area contributed by atoms with Crippen LogP contribution >= 0.6 is 11.3 Å². The normalized spacial score (nSPS) is 24.8. The zero-order valence-corrected chi connectivity index (χ0v) is 22.9. The molecule has 196 valence electrons. The molecule has 0 aromatic carbocycles. The van der Waals surface area contributed by atoms with Crippen molar-refractivity contribution in [3.8, 4) is 0 Å². The van der Waals surface area contributed by atoms with Gasteiger partial charge in [0, 0.05) is 31.4 Å². The molecule has 2 amide bonds. The lowest BCUT2D eigenvalue weighted by Crippen LogP contribution is -2.60. The molecule has 11 heteroatoms. The molecule has 2 aromatic heterocycles. The number of aryl methyl sites for hydroxylation is 1. The second kappa shape index (κ2) is 9.44. The van der Waals surface area contributed by atoms with Crippen molar-refractivity contribution in [3.63, 3.8) is 0 Å². The fraction of sp³-hybridized carbons (Fsp3) is 0.640. The quantitative estimate of drug-likeness (QED) is 0.466. The first kappa shape index (κ1) is 25.2. The van der Waals surface area contributed by atoms with Gasteiger partial charge in [-0.3, -0.25) is 0 Å². The summed E-state index contributed by atoms with van der Waals surface area (Å²) in [5.74, 6) is 1.93. The largest absolute Gasteiger partial charge is 0.381 e. The second-order valence-corrected chi connectivity index (χ2v) is 11.9. The molecule has 0 aliphatic carbocycles. The van der Waals surface area contributed by atoms with E-state index in [1.54, 1.807) is 11.3 Å². The van der Waals surface area contributed by atoms with Crippen LogP contribution in [0.15, 0.2) is 22.7 Å². The van der Waals surface area contributed by atoms with E-state index in [9.17, 15) is 4.79 Å². The first-order valence-corrected chi connectivity index (χ1v) is 13.5. The van der Waals surface area contributed by atoms with Crippen LogP contribution in [-0.4, -0.2) is 83.4 Å². The number of fused-ring (bicyclic) bond motifs is 1. The molecule has 1 saturated heterocycles. The molecular weight excluding hydrogens is 476 g/mol. The third-order valence-electron chi connectivity index (χ3n) is 7.68. The van der Waals surface area contributed by atoms with Crippen LogP contribution < -0.4 is 21.5 Å². The van der Waals surface area contributed by atoms with Gasteiger partial charge in [-0.2, -0.15) is 0 Å². The zero-order valence-electron chi connectivity index (χ0n) is 22.1. The van der Waals surface area contributed by atoms with Crippen LogP contribution in [0.25, 0.3) is 10.2 Å². The fourth-order valence-electron chi connectivity index (χ4n) is 5.63. The molecule has 4 N–H and O–H groups in total. The van der Waals surface area contributed by atoms with Crippen LogP contribution in [0.5, 0.6) is 0 Å². The highest BCUT2D eigenvalue weighted by Gasteiger charge is 2.52. The van der Waals surface area contributed by atoms with Crippen molar-refractivity contribution >= 4 is 33.4 Å². The van der Waals surface area contributed by atoms with Crippen molar-refractivity contribution in [3.05, 3.63) is 28.5 Å². The molecule has 0 bridgehead atoms. The van der Waals surface area contributed by atoms with Gasteiger partial charge in [-0.05, 0) is 72.0 Å². The monoisotopic (exact) mass is 514 g/mol. The summed E-state index contributed by atoms with van der Waals surface area (Å²) < 4.78 is 6.59. The lowest BCUT2D eigenvalue weighted by molar-refractivity contribution is 0.0496. The molecule has 5 rings (SSSR count). The highest BCUT2D eigenvalue weighted by Crippen LogP contribution is 2.41. The van der Waals surface area contributed by atoms with E-state index in [-0.39, 0.29) is 12.1 Å². The van der Waals surface area contributed by atoms with Crippen molar-refractivity contribution in [1.29, 1.82) is 0 Å². The number of nitrogens with one attached hydrogen (secondary N) is 4. The summed E-state index contributed by atoms with van der Waals surface area (Å²) in [6.45, 7) is 11.0. The predicted molar refractivity (Wildman–Crippen MR) is 143 cm³/mol. The number of likely N-dealkylation sites (N-methyl/N-ethyl adjacent to an activating group) is 1. The number of carbonyl (C=O) groups excluding carboxylic acids is 1. The molecule has 3 aliphatic rings. The van der Waals surface area contributed by atoms with Crippen molar-refractivity contribution in [2.24, 2.45) is 5.92 Å². The Morgan fingerprint density at radius 1 is 1.31 bits per heavy atom. The van der Waals surface area contributed by atoms with Crippen LogP contribution in [-0.2, 0) is 4.74 Å². The SMILES string of the molecule is Cc1nc(NC2(C)NNC3=C2CN(C(=O)N[C@H](CN(C)C)C2CCOCC2)C3(C)C)c2sccc2n1. The van der Waals surface area contributed by atoms with E-state index in [1.807, 2.05) is 23.3 Å². The predicted octanol–water partition coefficient (Wildman–Crippen LogP) is 2.65. The second-order valence-electron chi connectivity index (χ2n) is 11.0. The average Bonchev–Trinajstić information content (AvgIpc) is 3.48. The highest BCUT2D eigenvalue weighted by molar-refractivity contribution is 7.17. The number of hydrogen-bond acceptors (Lipinski definition) is 9. The Hall–Kier alpha value is -2.47. The van der Waals surface area contributed by atoms with Crippen LogP contribution in [0.3, 0.4) is 0 Å². The van der Waals surface area contributed by atoms with Crippen molar-refractivity contribution < 1.29 is 9.53 Å². The van der Waals surface area contributed by atoms with Crippen molar-refractivity contribution in [2.45, 2.75) is 57.8 Å². The maximum atomic E-state index is 13.7. The molecule has 1 unspecified atom stereocenters. The maximum Gasteiger partial charge on any atom is 0.318 e.